The van der Waals surface area contributed by atoms with Gasteiger partial charge in [-0.25, -0.2) is 0 Å². The number of carbonyl (C=O) groups is 1. The molecule has 4 heteroatoms. The topological polar surface area (TPSA) is 77.8 Å². The van der Waals surface area contributed by atoms with E-state index in [4.69, 9.17) is 15.3 Å². The largest absolute Gasteiger partial charge is 0.481 e. The molecule has 1 fully saturated rings. The van der Waals surface area contributed by atoms with Gasteiger partial charge in [-0.05, 0) is 12.8 Å². The number of hydrogen-bond acceptors (Lipinski definition) is 3. The SMILES string of the molecule is O=C(O)[C@@H]1CCCC[C@@H]1C(O)O. The van der Waals surface area contributed by atoms with Crippen LogP contribution >= 0.6 is 0 Å². The van der Waals surface area contributed by atoms with Crippen molar-refractivity contribution in [3.05, 3.63) is 0 Å². The molecule has 0 amide bonds. The molecule has 0 heterocycles. The number of carboxylic acid groups (broad SMARTS) is 1. The van der Waals surface area contributed by atoms with E-state index in [0.29, 0.717) is 12.8 Å². The molecule has 0 saturated heterocycles. The summed E-state index contributed by atoms with van der Waals surface area (Å²) in [5, 5.41) is 26.5. The third-order valence-electron chi connectivity index (χ3n) is 2.52. The van der Waals surface area contributed by atoms with Crippen LogP contribution in [-0.2, 0) is 4.79 Å². The third-order valence-corrected chi connectivity index (χ3v) is 2.52. The number of aliphatic hydroxyl groups is 2. The Morgan fingerprint density at radius 1 is 1.25 bits per heavy atom. The highest BCUT2D eigenvalue weighted by Gasteiger charge is 2.34. The molecule has 0 aromatic carbocycles. The summed E-state index contributed by atoms with van der Waals surface area (Å²) in [5.74, 6) is -1.96. The number of carboxylic acids is 1. The monoisotopic (exact) mass is 174 g/mol. The van der Waals surface area contributed by atoms with Gasteiger partial charge in [0.2, 0.25) is 0 Å². The minimum atomic E-state index is -1.48. The minimum Gasteiger partial charge on any atom is -0.481 e. The molecule has 0 unspecified atom stereocenters. The molecule has 12 heavy (non-hydrogen) atoms. The highest BCUT2D eigenvalue weighted by atomic mass is 16.5. The average molecular weight is 174 g/mol. The summed E-state index contributed by atoms with van der Waals surface area (Å²) in [4.78, 5) is 10.6. The Morgan fingerprint density at radius 2 is 1.83 bits per heavy atom. The smallest absolute Gasteiger partial charge is 0.306 e. The van der Waals surface area contributed by atoms with Crippen LogP contribution in [0.4, 0.5) is 0 Å². The number of aliphatic hydroxyl groups excluding tert-OH is 1. The van der Waals surface area contributed by atoms with Crippen LogP contribution in [0.2, 0.25) is 0 Å². The first-order valence-corrected chi connectivity index (χ1v) is 4.22. The second kappa shape index (κ2) is 3.87. The van der Waals surface area contributed by atoms with Gasteiger partial charge in [-0.3, -0.25) is 4.79 Å². The van der Waals surface area contributed by atoms with Crippen LogP contribution < -0.4 is 0 Å². The van der Waals surface area contributed by atoms with Crippen LogP contribution in [0.1, 0.15) is 25.7 Å². The van der Waals surface area contributed by atoms with Crippen molar-refractivity contribution >= 4 is 5.97 Å². The Bertz CT molecular complexity index is 166. The van der Waals surface area contributed by atoms with Gasteiger partial charge in [0.1, 0.15) is 0 Å². The van der Waals surface area contributed by atoms with Crippen LogP contribution in [0.15, 0.2) is 0 Å². The Balaban J connectivity index is 2.60. The summed E-state index contributed by atoms with van der Waals surface area (Å²) in [5.41, 5.74) is 0. The predicted molar refractivity (Wildman–Crippen MR) is 41.3 cm³/mol. The van der Waals surface area contributed by atoms with Gasteiger partial charge in [0.05, 0.1) is 5.92 Å². The standard InChI is InChI=1S/C8H14O4/c9-7(10)5-3-1-2-4-6(5)8(11)12/h5-7,9-10H,1-4H2,(H,11,12)/t5-,6+/m0/s1. The number of rotatable bonds is 2. The highest BCUT2D eigenvalue weighted by Crippen LogP contribution is 2.31. The summed E-state index contributed by atoms with van der Waals surface area (Å²) >= 11 is 0. The summed E-state index contributed by atoms with van der Waals surface area (Å²) in [6, 6.07) is 0. The Morgan fingerprint density at radius 3 is 2.25 bits per heavy atom. The van der Waals surface area contributed by atoms with Gasteiger partial charge in [0.25, 0.3) is 0 Å². The Labute approximate surface area is 70.8 Å². The lowest BCUT2D eigenvalue weighted by atomic mass is 9.79. The third kappa shape index (κ3) is 1.95. The molecule has 1 saturated carbocycles. The lowest BCUT2D eigenvalue weighted by Gasteiger charge is -2.29. The van der Waals surface area contributed by atoms with Gasteiger partial charge in [-0.15, -0.1) is 0 Å². The van der Waals surface area contributed by atoms with E-state index in [1.165, 1.54) is 0 Å². The van der Waals surface area contributed by atoms with E-state index in [1.807, 2.05) is 0 Å². The van der Waals surface area contributed by atoms with Crippen LogP contribution in [0.5, 0.6) is 0 Å². The maximum atomic E-state index is 10.6. The molecular formula is C8H14O4. The van der Waals surface area contributed by atoms with Crippen LogP contribution in [0.25, 0.3) is 0 Å². The molecule has 0 aromatic heterocycles. The quantitative estimate of drug-likeness (QED) is 0.522. The summed E-state index contributed by atoms with van der Waals surface area (Å²) in [6.45, 7) is 0. The second-order valence-corrected chi connectivity index (χ2v) is 3.31. The molecule has 0 spiro atoms. The first kappa shape index (κ1) is 9.48. The summed E-state index contributed by atoms with van der Waals surface area (Å²) in [7, 11) is 0. The van der Waals surface area contributed by atoms with Crippen LogP contribution in [-0.4, -0.2) is 27.6 Å². The van der Waals surface area contributed by atoms with E-state index in [1.54, 1.807) is 0 Å². The lowest BCUT2D eigenvalue weighted by Crippen LogP contribution is -2.35. The van der Waals surface area contributed by atoms with E-state index in [0.717, 1.165) is 12.8 Å². The van der Waals surface area contributed by atoms with Crippen molar-refractivity contribution in [2.45, 2.75) is 32.0 Å². The normalized spacial score (nSPS) is 30.6. The van der Waals surface area contributed by atoms with Gasteiger partial charge in [0, 0.05) is 5.92 Å². The predicted octanol–water partition coefficient (Wildman–Crippen LogP) is 0.188. The van der Waals surface area contributed by atoms with E-state index >= 15 is 0 Å². The molecule has 4 nitrogen and oxygen atoms in total. The Hall–Kier alpha value is -0.610. The average Bonchev–Trinajstić information content (AvgIpc) is 2.04. The molecule has 0 bridgehead atoms. The highest BCUT2D eigenvalue weighted by molar-refractivity contribution is 5.70. The fourth-order valence-corrected chi connectivity index (χ4v) is 1.82. The molecule has 0 aromatic rings. The van der Waals surface area contributed by atoms with Crippen molar-refractivity contribution in [1.29, 1.82) is 0 Å². The summed E-state index contributed by atoms with van der Waals surface area (Å²) < 4.78 is 0. The minimum absolute atomic E-state index is 0.476. The van der Waals surface area contributed by atoms with Gasteiger partial charge in [-0.1, -0.05) is 12.8 Å². The molecule has 0 radical (unpaired) electrons. The number of aliphatic carboxylic acids is 1. The maximum Gasteiger partial charge on any atom is 0.306 e. The molecule has 1 aliphatic rings. The van der Waals surface area contributed by atoms with Crippen molar-refractivity contribution in [3.8, 4) is 0 Å². The van der Waals surface area contributed by atoms with E-state index in [9.17, 15) is 4.79 Å². The van der Waals surface area contributed by atoms with Crippen molar-refractivity contribution in [3.63, 3.8) is 0 Å². The molecule has 1 rings (SSSR count). The molecule has 2 atom stereocenters. The summed E-state index contributed by atoms with van der Waals surface area (Å²) in [6.07, 6.45) is 1.46. The number of hydrogen-bond donors (Lipinski definition) is 3. The van der Waals surface area contributed by atoms with Crippen molar-refractivity contribution in [2.75, 3.05) is 0 Å². The zero-order valence-electron chi connectivity index (χ0n) is 6.81. The first-order chi connectivity index (χ1) is 5.63. The molecular weight excluding hydrogens is 160 g/mol. The van der Waals surface area contributed by atoms with Crippen molar-refractivity contribution in [2.24, 2.45) is 11.8 Å². The van der Waals surface area contributed by atoms with Gasteiger partial charge < -0.3 is 15.3 Å². The maximum absolute atomic E-state index is 10.6. The van der Waals surface area contributed by atoms with E-state index in [-0.39, 0.29) is 0 Å². The van der Waals surface area contributed by atoms with E-state index in [2.05, 4.69) is 0 Å². The zero-order valence-corrected chi connectivity index (χ0v) is 6.81. The van der Waals surface area contributed by atoms with Gasteiger partial charge in [-0.2, -0.15) is 0 Å². The van der Waals surface area contributed by atoms with Crippen LogP contribution in [0, 0.1) is 11.8 Å². The zero-order chi connectivity index (χ0) is 9.14. The fraction of sp³-hybridized carbons (Fsp3) is 0.875. The lowest BCUT2D eigenvalue weighted by molar-refractivity contribution is -0.157. The fourth-order valence-electron chi connectivity index (χ4n) is 1.82. The molecule has 3 N–H and O–H groups in total. The van der Waals surface area contributed by atoms with Gasteiger partial charge >= 0.3 is 5.97 Å². The first-order valence-electron chi connectivity index (χ1n) is 4.22. The molecule has 1 aliphatic carbocycles. The second-order valence-electron chi connectivity index (χ2n) is 3.31. The van der Waals surface area contributed by atoms with Crippen molar-refractivity contribution in [1.82, 2.24) is 0 Å². The van der Waals surface area contributed by atoms with Crippen LogP contribution in [0.3, 0.4) is 0 Å². The van der Waals surface area contributed by atoms with Crippen molar-refractivity contribution < 1.29 is 20.1 Å². The molecule has 0 aliphatic heterocycles. The molecule has 70 valence electrons. The van der Waals surface area contributed by atoms with E-state index < -0.39 is 24.1 Å². The van der Waals surface area contributed by atoms with Gasteiger partial charge in [0.15, 0.2) is 6.29 Å². The Kier molecular flexibility index (Phi) is 3.05.